The molecule has 3 atom stereocenters. The molecule has 8 nitrogen and oxygen atoms in total. The molecule has 0 fully saturated rings. The average molecular weight is 479 g/mol. The van der Waals surface area contributed by atoms with Gasteiger partial charge in [-0.25, -0.2) is 8.42 Å². The van der Waals surface area contributed by atoms with Crippen molar-refractivity contribution in [1.82, 2.24) is 9.21 Å². The Kier molecular flexibility index (Phi) is 7.86. The number of nitrogens with zero attached hydrogens (tertiary/aromatic N) is 2. The minimum Gasteiger partial charge on any atom is -0.487 e. The van der Waals surface area contributed by atoms with Crippen LogP contribution < -0.4 is 4.74 Å². The second-order valence-electron chi connectivity index (χ2n) is 7.04. The smallest absolute Gasteiger partial charge is 0.248 e. The van der Waals surface area contributed by atoms with Gasteiger partial charge in [-0.15, -0.1) is 0 Å². The molecule has 1 aliphatic rings. The van der Waals surface area contributed by atoms with E-state index in [1.165, 1.54) is 22.4 Å². The molecule has 0 bridgehead atoms. The zero-order chi connectivity index (χ0) is 21.1. The lowest BCUT2D eigenvalue weighted by Gasteiger charge is -2.37. The van der Waals surface area contributed by atoms with E-state index in [0.29, 0.717) is 4.47 Å². The number of ether oxygens (including phenoxy) is 2. The molecule has 0 saturated heterocycles. The third-order valence-corrected chi connectivity index (χ3v) is 7.29. The fourth-order valence-electron chi connectivity index (χ4n) is 3.02. The van der Waals surface area contributed by atoms with Gasteiger partial charge in [-0.1, -0.05) is 22.9 Å². The summed E-state index contributed by atoms with van der Waals surface area (Å²) in [6.07, 6.45) is -0.442. The number of aliphatic hydroxyl groups excluding tert-OH is 1. The Hall–Kier alpha value is -1.20. The van der Waals surface area contributed by atoms with E-state index < -0.39 is 22.2 Å². The zero-order valence-corrected chi connectivity index (χ0v) is 18.9. The molecule has 28 heavy (non-hydrogen) atoms. The maximum absolute atomic E-state index is 13.2. The van der Waals surface area contributed by atoms with Crippen molar-refractivity contribution in [1.29, 1.82) is 0 Å². The summed E-state index contributed by atoms with van der Waals surface area (Å²) in [5, 5.41) is 9.59. The first-order chi connectivity index (χ1) is 13.1. The van der Waals surface area contributed by atoms with E-state index in [9.17, 15) is 18.3 Å². The van der Waals surface area contributed by atoms with E-state index in [4.69, 9.17) is 9.47 Å². The highest BCUT2D eigenvalue weighted by Crippen LogP contribution is 2.35. The van der Waals surface area contributed by atoms with Gasteiger partial charge in [-0.3, -0.25) is 4.79 Å². The molecule has 0 saturated carbocycles. The van der Waals surface area contributed by atoms with Crippen LogP contribution in [-0.4, -0.2) is 81.2 Å². The van der Waals surface area contributed by atoms with Crippen LogP contribution in [0.5, 0.6) is 5.75 Å². The van der Waals surface area contributed by atoms with E-state index in [1.807, 2.05) is 6.92 Å². The van der Waals surface area contributed by atoms with Gasteiger partial charge in [0.2, 0.25) is 15.9 Å². The number of hydrogen-bond acceptors (Lipinski definition) is 6. The highest BCUT2D eigenvalue weighted by atomic mass is 79.9. The molecule has 0 unspecified atom stereocenters. The van der Waals surface area contributed by atoms with Crippen LogP contribution in [0.3, 0.4) is 0 Å². The Bertz CT molecular complexity index is 803. The minimum absolute atomic E-state index is 0.0399. The summed E-state index contributed by atoms with van der Waals surface area (Å²) in [5.41, 5.74) is 0. The Morgan fingerprint density at radius 1 is 1.50 bits per heavy atom. The predicted molar refractivity (Wildman–Crippen MR) is 108 cm³/mol. The van der Waals surface area contributed by atoms with Crippen LogP contribution in [0, 0.1) is 5.92 Å². The summed E-state index contributed by atoms with van der Waals surface area (Å²) >= 11 is 3.35. The molecule has 0 aromatic heterocycles. The van der Waals surface area contributed by atoms with Crippen molar-refractivity contribution in [2.45, 2.75) is 30.9 Å². The van der Waals surface area contributed by atoms with Crippen molar-refractivity contribution in [2.75, 3.05) is 40.5 Å². The molecule has 0 radical (unpaired) electrons. The lowest BCUT2D eigenvalue weighted by Crippen LogP contribution is -2.50. The summed E-state index contributed by atoms with van der Waals surface area (Å²) in [5.74, 6) is -0.203. The summed E-state index contributed by atoms with van der Waals surface area (Å²) < 4.78 is 39.4. The fraction of sp³-hybridized carbons (Fsp3) is 0.611. The lowest BCUT2D eigenvalue weighted by atomic mass is 10.0. The highest BCUT2D eigenvalue weighted by molar-refractivity contribution is 9.10. The zero-order valence-electron chi connectivity index (χ0n) is 16.5. The molecule has 0 aliphatic carbocycles. The van der Waals surface area contributed by atoms with Gasteiger partial charge in [-0.05, 0) is 25.1 Å². The topological polar surface area (TPSA) is 96.4 Å². The summed E-state index contributed by atoms with van der Waals surface area (Å²) in [4.78, 5) is 13.7. The standard InChI is InChI=1S/C18H27BrN2O6S/c1-12-8-21(13(2)10-22)28(24,25)17-6-5-14(19)7-15(17)27-16(12)9-20(3)18(23)11-26-4/h5-7,12-13,16,22H,8-11H2,1-4H3/t12-,13-,16+/m1/s1. The average Bonchev–Trinajstić information content (AvgIpc) is 2.63. The second kappa shape index (κ2) is 9.53. The van der Waals surface area contributed by atoms with Crippen LogP contribution in [0.1, 0.15) is 13.8 Å². The molecule has 2 rings (SSSR count). The van der Waals surface area contributed by atoms with Crippen LogP contribution in [0.25, 0.3) is 0 Å². The van der Waals surface area contributed by atoms with Gasteiger partial charge in [0.25, 0.3) is 0 Å². The normalized spacial score (nSPS) is 23.1. The first-order valence-electron chi connectivity index (χ1n) is 8.93. The molecule has 1 amide bonds. The third kappa shape index (κ3) is 5.04. The first-order valence-corrected chi connectivity index (χ1v) is 11.2. The van der Waals surface area contributed by atoms with E-state index in [0.717, 1.165) is 0 Å². The van der Waals surface area contributed by atoms with Crippen LogP contribution in [0.4, 0.5) is 0 Å². The highest BCUT2D eigenvalue weighted by Gasteiger charge is 2.38. The van der Waals surface area contributed by atoms with E-state index >= 15 is 0 Å². The van der Waals surface area contributed by atoms with Gasteiger partial charge in [0.05, 0.1) is 13.2 Å². The number of hydrogen-bond donors (Lipinski definition) is 1. The van der Waals surface area contributed by atoms with Crippen molar-refractivity contribution < 1.29 is 27.8 Å². The molecular weight excluding hydrogens is 452 g/mol. The molecule has 1 aliphatic heterocycles. The van der Waals surface area contributed by atoms with Crippen molar-refractivity contribution >= 4 is 31.9 Å². The van der Waals surface area contributed by atoms with Crippen LogP contribution in [0.2, 0.25) is 0 Å². The van der Waals surface area contributed by atoms with Crippen LogP contribution in [0.15, 0.2) is 27.6 Å². The molecule has 1 heterocycles. The number of benzene rings is 1. The van der Waals surface area contributed by atoms with Gasteiger partial charge in [0.1, 0.15) is 23.4 Å². The molecule has 1 aromatic carbocycles. The van der Waals surface area contributed by atoms with Crippen molar-refractivity contribution in [3.63, 3.8) is 0 Å². The van der Waals surface area contributed by atoms with Crippen LogP contribution >= 0.6 is 15.9 Å². The molecule has 1 N–H and O–H groups in total. The Balaban J connectivity index is 2.46. The maximum Gasteiger partial charge on any atom is 0.248 e. The van der Waals surface area contributed by atoms with Gasteiger partial charge < -0.3 is 19.5 Å². The number of halogens is 1. The molecule has 158 valence electrons. The van der Waals surface area contributed by atoms with Gasteiger partial charge in [0.15, 0.2) is 0 Å². The number of carbonyl (C=O) groups excluding carboxylic acids is 1. The number of aliphatic hydroxyl groups is 1. The van der Waals surface area contributed by atoms with Crippen LogP contribution in [-0.2, 0) is 19.6 Å². The number of carbonyl (C=O) groups is 1. The number of fused-ring (bicyclic) bond motifs is 1. The van der Waals surface area contributed by atoms with E-state index in [2.05, 4.69) is 15.9 Å². The number of amides is 1. The summed E-state index contributed by atoms with van der Waals surface area (Å²) in [6.45, 7) is 3.63. The minimum atomic E-state index is -3.85. The predicted octanol–water partition coefficient (Wildman–Crippen LogP) is 1.32. The lowest BCUT2D eigenvalue weighted by molar-refractivity contribution is -0.135. The third-order valence-electron chi connectivity index (χ3n) is 4.78. The number of likely N-dealkylation sites (N-methyl/N-ethyl adjacent to an activating group) is 1. The van der Waals surface area contributed by atoms with Crippen molar-refractivity contribution in [3.05, 3.63) is 22.7 Å². The first kappa shape index (κ1) is 23.1. The molecule has 10 heteroatoms. The maximum atomic E-state index is 13.2. The molecule has 0 spiro atoms. The monoisotopic (exact) mass is 478 g/mol. The second-order valence-corrected chi connectivity index (χ2v) is 9.81. The number of methoxy groups -OCH3 is 1. The Morgan fingerprint density at radius 3 is 2.79 bits per heavy atom. The Labute approximate surface area is 174 Å². The fourth-order valence-corrected chi connectivity index (χ4v) is 5.19. The Morgan fingerprint density at radius 2 is 2.18 bits per heavy atom. The van der Waals surface area contributed by atoms with E-state index in [-0.39, 0.29) is 48.8 Å². The molecule has 1 aromatic rings. The molecular formula is C18H27BrN2O6S. The van der Waals surface area contributed by atoms with Crippen molar-refractivity contribution in [3.8, 4) is 5.75 Å². The SMILES string of the molecule is COCC(=O)N(C)C[C@@H]1Oc2cc(Br)ccc2S(=O)(=O)N([C@H](C)CO)C[C@H]1C. The van der Waals surface area contributed by atoms with Gasteiger partial charge >= 0.3 is 0 Å². The van der Waals surface area contributed by atoms with E-state index in [1.54, 1.807) is 26.1 Å². The number of sulfonamides is 1. The largest absolute Gasteiger partial charge is 0.487 e. The number of rotatable bonds is 6. The summed E-state index contributed by atoms with van der Waals surface area (Å²) in [6, 6.07) is 4.14. The van der Waals surface area contributed by atoms with Gasteiger partial charge in [0, 0.05) is 37.1 Å². The van der Waals surface area contributed by atoms with Crippen molar-refractivity contribution in [2.24, 2.45) is 5.92 Å². The summed E-state index contributed by atoms with van der Waals surface area (Å²) in [7, 11) is -0.746. The quantitative estimate of drug-likeness (QED) is 0.662. The van der Waals surface area contributed by atoms with Gasteiger partial charge in [-0.2, -0.15) is 4.31 Å².